The quantitative estimate of drug-likeness (QED) is 0.798. The van der Waals surface area contributed by atoms with Gasteiger partial charge < -0.3 is 15.1 Å². The fourth-order valence-corrected chi connectivity index (χ4v) is 4.37. The molecule has 0 unspecified atom stereocenters. The van der Waals surface area contributed by atoms with Crippen molar-refractivity contribution in [1.82, 2.24) is 15.1 Å². The molecule has 3 rings (SSSR count). The van der Waals surface area contributed by atoms with E-state index >= 15 is 0 Å². The van der Waals surface area contributed by atoms with Gasteiger partial charge in [-0.2, -0.15) is 0 Å². The van der Waals surface area contributed by atoms with Gasteiger partial charge in [-0.25, -0.2) is 4.39 Å². The van der Waals surface area contributed by atoms with Crippen LogP contribution in [0.3, 0.4) is 0 Å². The number of benzene rings is 1. The minimum atomic E-state index is -0.624. The Labute approximate surface area is 160 Å². The summed E-state index contributed by atoms with van der Waals surface area (Å²) in [5, 5.41) is 3.07. The molecule has 0 spiro atoms. The molecule has 2 heterocycles. The number of piperazine rings is 1. The van der Waals surface area contributed by atoms with E-state index in [0.29, 0.717) is 42.0 Å². The van der Waals surface area contributed by atoms with Gasteiger partial charge in [-0.1, -0.05) is 6.07 Å². The third kappa shape index (κ3) is 3.80. The first-order valence-corrected chi connectivity index (χ1v) is 9.68. The standard InChI is InChI=1S/C19H22FN3O3S/c1-11(2)21-17(24)19(26)23-9-7-22(8-10-23)18(25)16-12(3)15-13(20)5-4-6-14(15)27-16/h4-6,11H,7-10H2,1-3H3,(H,21,24). The molecular formula is C19H22FN3O3S. The molecular weight excluding hydrogens is 369 g/mol. The van der Waals surface area contributed by atoms with E-state index in [9.17, 15) is 18.8 Å². The first kappa shape index (κ1) is 19.3. The molecule has 1 aromatic carbocycles. The molecule has 1 aromatic heterocycles. The molecule has 1 fully saturated rings. The third-order valence-corrected chi connectivity index (χ3v) is 5.81. The normalized spacial score (nSPS) is 14.7. The SMILES string of the molecule is Cc1c(C(=O)N2CCN(C(=O)C(=O)NC(C)C)CC2)sc2cccc(F)c12. The first-order chi connectivity index (χ1) is 12.8. The fourth-order valence-electron chi connectivity index (χ4n) is 3.18. The summed E-state index contributed by atoms with van der Waals surface area (Å²) in [7, 11) is 0. The zero-order chi connectivity index (χ0) is 19.7. The van der Waals surface area contributed by atoms with Crippen molar-refractivity contribution < 1.29 is 18.8 Å². The van der Waals surface area contributed by atoms with Crippen LogP contribution in [0.1, 0.15) is 29.1 Å². The summed E-state index contributed by atoms with van der Waals surface area (Å²) in [4.78, 5) is 40.5. The Morgan fingerprint density at radius 3 is 2.33 bits per heavy atom. The summed E-state index contributed by atoms with van der Waals surface area (Å²) in [6.07, 6.45) is 0. The minimum Gasteiger partial charge on any atom is -0.346 e. The maximum Gasteiger partial charge on any atom is 0.312 e. The van der Waals surface area contributed by atoms with Gasteiger partial charge in [0.05, 0.1) is 4.88 Å². The largest absolute Gasteiger partial charge is 0.346 e. The lowest BCUT2D eigenvalue weighted by Crippen LogP contribution is -2.54. The van der Waals surface area contributed by atoms with Crippen LogP contribution in [0.5, 0.6) is 0 Å². The summed E-state index contributed by atoms with van der Waals surface area (Å²) in [6.45, 7) is 6.62. The van der Waals surface area contributed by atoms with Crippen LogP contribution in [0.15, 0.2) is 18.2 Å². The van der Waals surface area contributed by atoms with Crippen LogP contribution in [0.2, 0.25) is 0 Å². The third-order valence-electron chi connectivity index (χ3n) is 4.57. The van der Waals surface area contributed by atoms with Crippen molar-refractivity contribution in [2.75, 3.05) is 26.2 Å². The zero-order valence-corrected chi connectivity index (χ0v) is 16.4. The predicted octanol–water partition coefficient (Wildman–Crippen LogP) is 2.16. The molecule has 1 aliphatic rings. The second-order valence-corrected chi connectivity index (χ2v) is 7.93. The fraction of sp³-hybridized carbons (Fsp3) is 0.421. The van der Waals surface area contributed by atoms with Gasteiger partial charge in [0.2, 0.25) is 0 Å². The van der Waals surface area contributed by atoms with Gasteiger partial charge in [0, 0.05) is 42.3 Å². The average Bonchev–Trinajstić information content (AvgIpc) is 2.98. The van der Waals surface area contributed by atoms with Crippen LogP contribution in [0, 0.1) is 12.7 Å². The van der Waals surface area contributed by atoms with Gasteiger partial charge in [0.25, 0.3) is 5.91 Å². The van der Waals surface area contributed by atoms with Crippen molar-refractivity contribution in [2.24, 2.45) is 0 Å². The lowest BCUT2D eigenvalue weighted by Gasteiger charge is -2.34. The number of nitrogens with zero attached hydrogens (tertiary/aromatic N) is 2. The summed E-state index contributed by atoms with van der Waals surface area (Å²) < 4.78 is 14.8. The van der Waals surface area contributed by atoms with Crippen molar-refractivity contribution >= 4 is 39.1 Å². The predicted molar refractivity (Wildman–Crippen MR) is 102 cm³/mol. The van der Waals surface area contributed by atoms with Crippen LogP contribution in [0.4, 0.5) is 4.39 Å². The molecule has 0 atom stereocenters. The number of halogens is 1. The van der Waals surface area contributed by atoms with Crippen LogP contribution in [0.25, 0.3) is 10.1 Å². The average molecular weight is 391 g/mol. The van der Waals surface area contributed by atoms with Gasteiger partial charge in [0.1, 0.15) is 5.82 Å². The van der Waals surface area contributed by atoms with Gasteiger partial charge in [-0.05, 0) is 38.5 Å². The zero-order valence-electron chi connectivity index (χ0n) is 15.5. The van der Waals surface area contributed by atoms with Crippen molar-refractivity contribution in [1.29, 1.82) is 0 Å². The van der Waals surface area contributed by atoms with Crippen molar-refractivity contribution in [3.8, 4) is 0 Å². The second-order valence-electron chi connectivity index (χ2n) is 6.88. The van der Waals surface area contributed by atoms with Crippen molar-refractivity contribution in [3.63, 3.8) is 0 Å². The molecule has 0 radical (unpaired) electrons. The number of fused-ring (bicyclic) bond motifs is 1. The number of thiophene rings is 1. The topological polar surface area (TPSA) is 69.7 Å². The van der Waals surface area contributed by atoms with Crippen LogP contribution in [-0.2, 0) is 9.59 Å². The molecule has 0 saturated carbocycles. The van der Waals surface area contributed by atoms with E-state index in [4.69, 9.17) is 0 Å². The van der Waals surface area contributed by atoms with Crippen LogP contribution >= 0.6 is 11.3 Å². The Morgan fingerprint density at radius 1 is 1.11 bits per heavy atom. The number of aryl methyl sites for hydroxylation is 1. The highest BCUT2D eigenvalue weighted by Gasteiger charge is 2.30. The van der Waals surface area contributed by atoms with Crippen molar-refractivity contribution in [3.05, 3.63) is 34.5 Å². The molecule has 1 aliphatic heterocycles. The Morgan fingerprint density at radius 2 is 1.74 bits per heavy atom. The maximum absolute atomic E-state index is 14.1. The van der Waals surface area contributed by atoms with Crippen LogP contribution < -0.4 is 5.32 Å². The smallest absolute Gasteiger partial charge is 0.312 e. The van der Waals surface area contributed by atoms with E-state index in [1.165, 1.54) is 22.3 Å². The first-order valence-electron chi connectivity index (χ1n) is 8.86. The molecule has 8 heteroatoms. The summed E-state index contributed by atoms with van der Waals surface area (Å²) in [5.74, 6) is -1.68. The monoisotopic (exact) mass is 391 g/mol. The van der Waals surface area contributed by atoms with E-state index in [2.05, 4.69) is 5.32 Å². The number of rotatable bonds is 2. The van der Waals surface area contributed by atoms with E-state index in [0.717, 1.165) is 4.70 Å². The molecule has 0 bridgehead atoms. The highest BCUT2D eigenvalue weighted by molar-refractivity contribution is 7.21. The lowest BCUT2D eigenvalue weighted by molar-refractivity contribution is -0.147. The highest BCUT2D eigenvalue weighted by Crippen LogP contribution is 2.33. The van der Waals surface area contributed by atoms with Crippen molar-refractivity contribution in [2.45, 2.75) is 26.8 Å². The Balaban J connectivity index is 1.69. The Hall–Kier alpha value is -2.48. The molecule has 0 aliphatic carbocycles. The van der Waals surface area contributed by atoms with Gasteiger partial charge in [-0.15, -0.1) is 11.3 Å². The Bertz CT molecular complexity index is 901. The minimum absolute atomic E-state index is 0.111. The number of carbonyl (C=O) groups excluding carboxylic acids is 3. The summed E-state index contributed by atoms with van der Waals surface area (Å²) in [5.41, 5.74) is 0.646. The van der Waals surface area contributed by atoms with E-state index in [-0.39, 0.29) is 17.8 Å². The van der Waals surface area contributed by atoms with E-state index < -0.39 is 11.8 Å². The second kappa shape index (κ2) is 7.64. The molecule has 27 heavy (non-hydrogen) atoms. The number of nitrogens with one attached hydrogen (secondary N) is 1. The number of amides is 3. The molecule has 1 N–H and O–H groups in total. The number of hydrogen-bond acceptors (Lipinski definition) is 4. The van der Waals surface area contributed by atoms with Crippen LogP contribution in [-0.4, -0.2) is 59.7 Å². The van der Waals surface area contributed by atoms with Gasteiger partial charge >= 0.3 is 11.8 Å². The molecule has 2 aromatic rings. The van der Waals surface area contributed by atoms with E-state index in [1.807, 2.05) is 0 Å². The number of carbonyl (C=O) groups is 3. The lowest BCUT2D eigenvalue weighted by atomic mass is 10.1. The molecule has 1 saturated heterocycles. The summed E-state index contributed by atoms with van der Waals surface area (Å²) >= 11 is 1.28. The Kier molecular flexibility index (Phi) is 5.46. The molecule has 3 amide bonds. The van der Waals surface area contributed by atoms with Gasteiger partial charge in [-0.3, -0.25) is 14.4 Å². The highest BCUT2D eigenvalue weighted by atomic mass is 32.1. The molecule has 6 nitrogen and oxygen atoms in total. The van der Waals surface area contributed by atoms with Gasteiger partial charge in [0.15, 0.2) is 0 Å². The number of hydrogen-bond donors (Lipinski definition) is 1. The summed E-state index contributed by atoms with van der Waals surface area (Å²) in [6, 6.07) is 4.72. The maximum atomic E-state index is 14.1. The van der Waals surface area contributed by atoms with E-state index in [1.54, 1.807) is 37.8 Å². The molecule has 144 valence electrons.